The van der Waals surface area contributed by atoms with Crippen molar-refractivity contribution in [2.45, 2.75) is 32.7 Å². The third-order valence-electron chi connectivity index (χ3n) is 5.10. The second-order valence-corrected chi connectivity index (χ2v) is 6.66. The minimum Gasteiger partial charge on any atom is -0.351 e. The van der Waals surface area contributed by atoms with Crippen LogP contribution >= 0.6 is 12.4 Å². The predicted octanol–water partition coefficient (Wildman–Crippen LogP) is 1.86. The quantitative estimate of drug-likeness (QED) is 0.915. The maximum Gasteiger partial charge on any atom is 0.180 e. The van der Waals surface area contributed by atoms with Gasteiger partial charge in [0.1, 0.15) is 0 Å². The van der Waals surface area contributed by atoms with E-state index in [0.717, 1.165) is 44.2 Å². The molecule has 0 unspecified atom stereocenters. The largest absolute Gasteiger partial charge is 0.351 e. The van der Waals surface area contributed by atoms with E-state index in [-0.39, 0.29) is 12.4 Å². The van der Waals surface area contributed by atoms with E-state index in [1.165, 1.54) is 43.7 Å². The summed E-state index contributed by atoms with van der Waals surface area (Å²) < 4.78 is 2.21. The highest BCUT2D eigenvalue weighted by Crippen LogP contribution is 2.23. The van der Waals surface area contributed by atoms with Gasteiger partial charge < -0.3 is 10.2 Å². The first-order valence-corrected chi connectivity index (χ1v) is 8.83. The second kappa shape index (κ2) is 7.68. The monoisotopic (exact) mass is 350 g/mol. The lowest BCUT2D eigenvalue weighted by Gasteiger charge is -2.28. The summed E-state index contributed by atoms with van der Waals surface area (Å²) in [6.45, 7) is 9.59. The summed E-state index contributed by atoms with van der Waals surface area (Å²) in [5.74, 6) is 1.03. The molecule has 0 saturated carbocycles. The summed E-state index contributed by atoms with van der Waals surface area (Å²) >= 11 is 0. The number of likely N-dealkylation sites (tertiary alicyclic amines) is 1. The summed E-state index contributed by atoms with van der Waals surface area (Å²) in [4.78, 5) is 14.5. The van der Waals surface area contributed by atoms with Gasteiger partial charge in [0.05, 0.1) is 5.69 Å². The molecule has 0 aromatic carbocycles. The van der Waals surface area contributed by atoms with E-state index >= 15 is 0 Å². The van der Waals surface area contributed by atoms with Crippen LogP contribution in [0.1, 0.15) is 30.7 Å². The number of rotatable bonds is 3. The van der Waals surface area contributed by atoms with Gasteiger partial charge in [0.2, 0.25) is 0 Å². The molecule has 132 valence electrons. The van der Waals surface area contributed by atoms with Crippen molar-refractivity contribution in [1.82, 2.24) is 24.6 Å². The Morgan fingerprint density at radius 3 is 2.58 bits per heavy atom. The van der Waals surface area contributed by atoms with E-state index in [2.05, 4.69) is 31.4 Å². The van der Waals surface area contributed by atoms with Crippen LogP contribution < -0.4 is 10.2 Å². The normalized spacial score (nSPS) is 19.5. The van der Waals surface area contributed by atoms with E-state index < -0.39 is 0 Å². The number of nitrogens with zero attached hydrogens (tertiary/aromatic N) is 5. The maximum atomic E-state index is 4.98. The van der Waals surface area contributed by atoms with Crippen LogP contribution in [0.4, 0.5) is 5.82 Å². The van der Waals surface area contributed by atoms with Crippen molar-refractivity contribution in [3.63, 3.8) is 0 Å². The van der Waals surface area contributed by atoms with Crippen LogP contribution in [0, 0.1) is 6.92 Å². The summed E-state index contributed by atoms with van der Waals surface area (Å²) in [5.41, 5.74) is 3.47. The van der Waals surface area contributed by atoms with Gasteiger partial charge in [-0.25, -0.2) is 9.97 Å². The van der Waals surface area contributed by atoms with Crippen LogP contribution in [0.5, 0.6) is 0 Å². The number of imidazole rings is 1. The maximum absolute atomic E-state index is 4.98. The van der Waals surface area contributed by atoms with Crippen LogP contribution in [0.25, 0.3) is 5.65 Å². The van der Waals surface area contributed by atoms with Gasteiger partial charge in [-0.15, -0.1) is 12.4 Å². The van der Waals surface area contributed by atoms with Crippen molar-refractivity contribution in [2.24, 2.45) is 0 Å². The molecule has 2 aromatic rings. The Morgan fingerprint density at radius 1 is 1.08 bits per heavy atom. The van der Waals surface area contributed by atoms with Crippen molar-refractivity contribution in [1.29, 1.82) is 0 Å². The number of aryl methyl sites for hydroxylation is 1. The molecule has 2 saturated heterocycles. The summed E-state index contributed by atoms with van der Waals surface area (Å²) in [6, 6.07) is 0. The highest BCUT2D eigenvalue weighted by Gasteiger charge is 2.20. The van der Waals surface area contributed by atoms with Crippen molar-refractivity contribution in [2.75, 3.05) is 44.2 Å². The van der Waals surface area contributed by atoms with Crippen LogP contribution in [-0.4, -0.2) is 58.5 Å². The third kappa shape index (κ3) is 3.36. The molecule has 7 heteroatoms. The van der Waals surface area contributed by atoms with Crippen LogP contribution in [0.15, 0.2) is 12.4 Å². The fourth-order valence-electron chi connectivity index (χ4n) is 3.71. The Morgan fingerprint density at radius 2 is 1.83 bits per heavy atom. The Labute approximate surface area is 149 Å². The van der Waals surface area contributed by atoms with E-state index in [4.69, 9.17) is 4.98 Å². The van der Waals surface area contributed by atoms with E-state index in [9.17, 15) is 0 Å². The molecule has 1 N–H and O–H groups in total. The lowest BCUT2D eigenvalue weighted by atomic mass is 10.1. The first-order valence-electron chi connectivity index (χ1n) is 8.83. The molecule has 6 nitrogen and oxygen atoms in total. The summed E-state index contributed by atoms with van der Waals surface area (Å²) in [5, 5.41) is 3.40. The Hall–Kier alpha value is -1.37. The van der Waals surface area contributed by atoms with Gasteiger partial charge in [0.25, 0.3) is 0 Å². The fourth-order valence-corrected chi connectivity index (χ4v) is 3.71. The van der Waals surface area contributed by atoms with E-state index in [0.29, 0.717) is 0 Å². The molecule has 0 amide bonds. The van der Waals surface area contributed by atoms with Crippen LogP contribution in [0.2, 0.25) is 0 Å². The van der Waals surface area contributed by atoms with Crippen molar-refractivity contribution in [3.8, 4) is 0 Å². The highest BCUT2D eigenvalue weighted by molar-refractivity contribution is 5.85. The number of hydrogen-bond acceptors (Lipinski definition) is 5. The first kappa shape index (κ1) is 17.5. The number of piperazine rings is 1. The lowest BCUT2D eigenvalue weighted by Crippen LogP contribution is -2.44. The zero-order valence-corrected chi connectivity index (χ0v) is 15.2. The number of hydrogen-bond donors (Lipinski definition) is 1. The molecule has 0 spiro atoms. The molecule has 2 aliphatic rings. The zero-order valence-electron chi connectivity index (χ0n) is 14.4. The summed E-state index contributed by atoms with van der Waals surface area (Å²) in [6.07, 6.45) is 7.96. The number of halogens is 1. The average Bonchev–Trinajstić information content (AvgIpc) is 2.93. The number of aromatic nitrogens is 3. The Bertz CT molecular complexity index is 673. The Balaban J connectivity index is 0.00000169. The number of fused-ring (bicyclic) bond motifs is 1. The second-order valence-electron chi connectivity index (χ2n) is 6.66. The van der Waals surface area contributed by atoms with Crippen molar-refractivity contribution >= 4 is 23.9 Å². The third-order valence-corrected chi connectivity index (χ3v) is 5.10. The molecule has 4 rings (SSSR count). The number of piperidine rings is 1. The number of anilines is 1. The molecule has 0 radical (unpaired) electrons. The smallest absolute Gasteiger partial charge is 0.180 e. The molecular weight excluding hydrogens is 324 g/mol. The predicted molar refractivity (Wildman–Crippen MR) is 99.2 cm³/mol. The molecule has 2 aromatic heterocycles. The van der Waals surface area contributed by atoms with Crippen LogP contribution in [0.3, 0.4) is 0 Å². The number of nitrogens with one attached hydrogen (secondary N) is 1. The van der Waals surface area contributed by atoms with Crippen molar-refractivity contribution < 1.29 is 0 Å². The molecule has 2 aliphatic heterocycles. The molecule has 24 heavy (non-hydrogen) atoms. The van der Waals surface area contributed by atoms with Gasteiger partial charge in [-0.2, -0.15) is 0 Å². The van der Waals surface area contributed by atoms with E-state index in [1.54, 1.807) is 0 Å². The topological polar surface area (TPSA) is 48.7 Å². The summed E-state index contributed by atoms with van der Waals surface area (Å²) in [7, 11) is 0. The molecular formula is C17H27ClN6. The molecule has 4 heterocycles. The molecule has 0 aliphatic carbocycles. The minimum absolute atomic E-state index is 0. The van der Waals surface area contributed by atoms with Gasteiger partial charge in [0, 0.05) is 50.8 Å². The fraction of sp³-hybridized carbons (Fsp3) is 0.647. The molecule has 0 bridgehead atoms. The molecule has 2 fully saturated rings. The Kier molecular flexibility index (Phi) is 5.58. The standard InChI is InChI=1S/C17H26N6.ClH/c1-14-15(13-21-8-3-2-4-9-21)20-17-16(19-7-12-23(14)17)22-10-5-18-6-11-22;/h7,12,18H,2-6,8-11,13H2,1H3;1H. The van der Waals surface area contributed by atoms with Gasteiger partial charge in [-0.1, -0.05) is 6.42 Å². The molecule has 0 atom stereocenters. The van der Waals surface area contributed by atoms with Crippen LogP contribution in [-0.2, 0) is 6.54 Å². The van der Waals surface area contributed by atoms with Gasteiger partial charge in [-0.05, 0) is 32.9 Å². The van der Waals surface area contributed by atoms with E-state index in [1.807, 2.05) is 12.4 Å². The highest BCUT2D eigenvalue weighted by atomic mass is 35.5. The lowest BCUT2D eigenvalue weighted by molar-refractivity contribution is 0.218. The average molecular weight is 351 g/mol. The van der Waals surface area contributed by atoms with Crippen molar-refractivity contribution in [3.05, 3.63) is 23.8 Å². The SMILES string of the molecule is Cc1c(CN2CCCCC2)nc2c(N3CCNCC3)nccn12.Cl. The first-order chi connectivity index (χ1) is 11.3. The van der Waals surface area contributed by atoms with Gasteiger partial charge in [0.15, 0.2) is 11.5 Å². The van der Waals surface area contributed by atoms with Gasteiger partial charge in [-0.3, -0.25) is 9.30 Å². The van der Waals surface area contributed by atoms with Gasteiger partial charge >= 0.3 is 0 Å². The minimum atomic E-state index is 0. The zero-order chi connectivity index (χ0) is 15.6.